The molecule has 2 aromatic heterocycles. The first-order chi connectivity index (χ1) is 21.1. The monoisotopic (exact) mass is 602 g/mol. The van der Waals surface area contributed by atoms with Crippen LogP contribution in [0.25, 0.3) is 33.2 Å². The molecule has 6 rings (SSSR count). The van der Waals surface area contributed by atoms with Crippen molar-refractivity contribution in [2.45, 2.75) is 32.0 Å². The molecule has 1 aliphatic rings. The largest absolute Gasteiger partial charge is 0.495 e. The smallest absolute Gasteiger partial charge is 0.416 e. The molecule has 1 saturated heterocycles. The van der Waals surface area contributed by atoms with E-state index in [9.17, 15) is 18.0 Å². The number of nitrogen functional groups attached to an aromatic ring is 1. The lowest BCUT2D eigenvalue weighted by Gasteiger charge is -2.22. The summed E-state index contributed by atoms with van der Waals surface area (Å²) in [5, 5.41) is 7.92. The first-order valence-electron chi connectivity index (χ1n) is 14.0. The topological polar surface area (TPSA) is 117 Å². The summed E-state index contributed by atoms with van der Waals surface area (Å²) in [4.78, 5) is 22.0. The number of hydrogen-bond donors (Lipinski definition) is 2. The van der Waals surface area contributed by atoms with Crippen molar-refractivity contribution in [3.8, 4) is 28.0 Å². The second-order valence-corrected chi connectivity index (χ2v) is 10.6. The number of nitrogens with one attached hydrogen (secondary N) is 1. The number of benzene rings is 3. The van der Waals surface area contributed by atoms with E-state index in [0.717, 1.165) is 36.1 Å². The van der Waals surface area contributed by atoms with Crippen molar-refractivity contribution in [2.75, 3.05) is 31.4 Å². The zero-order chi connectivity index (χ0) is 31.0. The molecule has 0 radical (unpaired) electrons. The molecule has 3 heterocycles. The van der Waals surface area contributed by atoms with Crippen molar-refractivity contribution in [3.63, 3.8) is 0 Å². The Bertz CT molecular complexity index is 1860. The first-order valence-corrected chi connectivity index (χ1v) is 14.0. The minimum Gasteiger partial charge on any atom is -0.495 e. The number of carbonyl (C=O) groups is 1. The molecule has 1 fully saturated rings. The van der Waals surface area contributed by atoms with Crippen LogP contribution in [-0.4, -0.2) is 46.0 Å². The number of nitrogens with zero attached hydrogens (tertiary/aromatic N) is 4. The highest BCUT2D eigenvalue weighted by Gasteiger charge is 2.30. The molecular weight excluding hydrogens is 573 g/mol. The third kappa shape index (κ3) is 5.68. The van der Waals surface area contributed by atoms with E-state index in [-0.39, 0.29) is 23.2 Å². The third-order valence-corrected chi connectivity index (χ3v) is 7.74. The molecule has 3 aromatic carbocycles. The van der Waals surface area contributed by atoms with Gasteiger partial charge in [0.25, 0.3) is 5.91 Å². The minimum absolute atomic E-state index is 0.0359. The van der Waals surface area contributed by atoms with Gasteiger partial charge in [0.2, 0.25) is 5.95 Å². The number of methoxy groups -OCH3 is 1. The Morgan fingerprint density at radius 1 is 1.09 bits per heavy atom. The van der Waals surface area contributed by atoms with E-state index in [4.69, 9.17) is 15.2 Å². The Labute approximate surface area is 250 Å². The molecule has 0 atom stereocenters. The fraction of sp³-hybridized carbons (Fsp3) is 0.250. The summed E-state index contributed by atoms with van der Waals surface area (Å²) in [7, 11) is 1.56. The molecule has 9 nitrogen and oxygen atoms in total. The molecule has 12 heteroatoms. The summed E-state index contributed by atoms with van der Waals surface area (Å²) in [6.07, 6.45) is 2.53. The van der Waals surface area contributed by atoms with Gasteiger partial charge in [0.05, 0.1) is 36.0 Å². The average Bonchev–Trinajstić information content (AvgIpc) is 3.50. The van der Waals surface area contributed by atoms with Gasteiger partial charge in [-0.2, -0.15) is 18.3 Å². The van der Waals surface area contributed by atoms with Crippen LogP contribution in [0.3, 0.4) is 0 Å². The van der Waals surface area contributed by atoms with Gasteiger partial charge in [-0.15, -0.1) is 0 Å². The van der Waals surface area contributed by atoms with Crippen LogP contribution in [0.1, 0.15) is 40.4 Å². The number of halogens is 3. The predicted molar refractivity (Wildman–Crippen MR) is 160 cm³/mol. The van der Waals surface area contributed by atoms with Crippen molar-refractivity contribution >= 4 is 28.4 Å². The fourth-order valence-electron chi connectivity index (χ4n) is 5.50. The van der Waals surface area contributed by atoms with Gasteiger partial charge in [-0.3, -0.25) is 9.48 Å². The maximum atomic E-state index is 13.2. The van der Waals surface area contributed by atoms with Crippen LogP contribution in [-0.2, 0) is 10.9 Å². The third-order valence-electron chi connectivity index (χ3n) is 7.74. The van der Waals surface area contributed by atoms with Gasteiger partial charge < -0.3 is 20.5 Å². The summed E-state index contributed by atoms with van der Waals surface area (Å²) < 4.78 is 53.1. The predicted octanol–water partition coefficient (Wildman–Crippen LogP) is 6.68. The summed E-state index contributed by atoms with van der Waals surface area (Å²) in [5.41, 5.74) is 9.68. The second kappa shape index (κ2) is 11.6. The number of amides is 1. The van der Waals surface area contributed by atoms with Crippen LogP contribution in [0.15, 0.2) is 67.1 Å². The average molecular weight is 603 g/mol. The van der Waals surface area contributed by atoms with Crippen molar-refractivity contribution in [3.05, 3.63) is 83.8 Å². The fourth-order valence-corrected chi connectivity index (χ4v) is 5.50. The van der Waals surface area contributed by atoms with Gasteiger partial charge in [0, 0.05) is 53.4 Å². The number of rotatable bonds is 6. The van der Waals surface area contributed by atoms with E-state index in [1.807, 2.05) is 23.9 Å². The van der Waals surface area contributed by atoms with Gasteiger partial charge in [0.15, 0.2) is 0 Å². The Morgan fingerprint density at radius 2 is 1.89 bits per heavy atom. The lowest BCUT2D eigenvalue weighted by atomic mass is 9.92. The molecular formula is C32H29F3N6O3. The zero-order valence-electron chi connectivity index (χ0n) is 24.0. The molecule has 0 aliphatic carbocycles. The molecule has 0 spiro atoms. The van der Waals surface area contributed by atoms with Crippen LogP contribution < -0.4 is 15.8 Å². The minimum atomic E-state index is -4.53. The number of hydrogen-bond acceptors (Lipinski definition) is 7. The lowest BCUT2D eigenvalue weighted by Crippen LogP contribution is -2.19. The summed E-state index contributed by atoms with van der Waals surface area (Å²) in [6, 6.07) is 11.7. The van der Waals surface area contributed by atoms with Crippen molar-refractivity contribution < 1.29 is 27.4 Å². The van der Waals surface area contributed by atoms with Crippen LogP contribution in [0, 0.1) is 6.92 Å². The molecule has 0 bridgehead atoms. The van der Waals surface area contributed by atoms with E-state index in [1.54, 1.807) is 37.7 Å². The van der Waals surface area contributed by atoms with E-state index in [1.165, 1.54) is 12.1 Å². The summed E-state index contributed by atoms with van der Waals surface area (Å²) in [5.74, 6) is 0.0508. The van der Waals surface area contributed by atoms with Gasteiger partial charge in [-0.05, 0) is 67.3 Å². The van der Waals surface area contributed by atoms with E-state index in [2.05, 4.69) is 20.4 Å². The molecule has 0 saturated carbocycles. The van der Waals surface area contributed by atoms with Crippen LogP contribution in [0.4, 0.5) is 24.8 Å². The van der Waals surface area contributed by atoms with Gasteiger partial charge in [-0.1, -0.05) is 12.1 Å². The molecule has 1 aliphatic heterocycles. The van der Waals surface area contributed by atoms with E-state index >= 15 is 0 Å². The Kier molecular flexibility index (Phi) is 7.68. The van der Waals surface area contributed by atoms with E-state index in [0.29, 0.717) is 46.6 Å². The van der Waals surface area contributed by atoms with Gasteiger partial charge >= 0.3 is 6.18 Å². The number of ether oxygens (including phenoxy) is 2. The molecule has 0 unspecified atom stereocenters. The highest BCUT2D eigenvalue weighted by Crippen LogP contribution is 2.45. The standard InChI is InChI=1S/C32H29F3N6O3/c1-18-6-7-19(30(42)39-23-5-3-4-22(14-23)32(33,34)35)12-25(18)26-13-20-15-37-31(36)40-28(20)27(29(26)43-2)21-16-38-41(17-21)24-8-10-44-11-9-24/h3-7,12-17,24H,8-11H2,1-2H3,(H,39,42)(H2,36,37,40). The maximum absolute atomic E-state index is 13.2. The Hall–Kier alpha value is -4.97. The maximum Gasteiger partial charge on any atom is 0.416 e. The van der Waals surface area contributed by atoms with Crippen LogP contribution in [0.2, 0.25) is 0 Å². The molecule has 1 amide bonds. The zero-order valence-corrected chi connectivity index (χ0v) is 24.0. The van der Waals surface area contributed by atoms with Crippen LogP contribution in [0.5, 0.6) is 5.75 Å². The summed E-state index contributed by atoms with van der Waals surface area (Å²) in [6.45, 7) is 3.24. The van der Waals surface area contributed by atoms with Crippen molar-refractivity contribution in [2.24, 2.45) is 0 Å². The van der Waals surface area contributed by atoms with Crippen LogP contribution >= 0.6 is 0 Å². The molecule has 226 valence electrons. The Morgan fingerprint density at radius 3 is 2.64 bits per heavy atom. The van der Waals surface area contributed by atoms with Gasteiger partial charge in [0.1, 0.15) is 5.75 Å². The normalized spacial score (nSPS) is 14.1. The highest BCUT2D eigenvalue weighted by molar-refractivity contribution is 6.06. The number of anilines is 2. The lowest BCUT2D eigenvalue weighted by molar-refractivity contribution is -0.137. The number of aromatic nitrogens is 4. The number of alkyl halides is 3. The molecule has 3 N–H and O–H groups in total. The number of fused-ring (bicyclic) bond motifs is 1. The number of carbonyl (C=O) groups excluding carboxylic acids is 1. The quantitative estimate of drug-likeness (QED) is 0.223. The molecule has 44 heavy (non-hydrogen) atoms. The number of aryl methyl sites for hydroxylation is 1. The van der Waals surface area contributed by atoms with E-state index < -0.39 is 17.6 Å². The van der Waals surface area contributed by atoms with Crippen molar-refractivity contribution in [1.82, 2.24) is 19.7 Å². The van der Waals surface area contributed by atoms with Crippen molar-refractivity contribution in [1.29, 1.82) is 0 Å². The highest BCUT2D eigenvalue weighted by atomic mass is 19.4. The van der Waals surface area contributed by atoms with Gasteiger partial charge in [-0.25, -0.2) is 9.97 Å². The molecule has 5 aromatic rings. The number of nitrogens with two attached hydrogens (primary N) is 1. The second-order valence-electron chi connectivity index (χ2n) is 10.6. The Balaban J connectivity index is 1.44. The first kappa shape index (κ1) is 29.1. The SMILES string of the molecule is COc1c(-c2cc(C(=O)Nc3cccc(C(F)(F)F)c3)ccc2C)cc2cnc(N)nc2c1-c1cnn(C2CCOCC2)c1. The summed E-state index contributed by atoms with van der Waals surface area (Å²) >= 11 is 0.